The van der Waals surface area contributed by atoms with E-state index >= 15 is 0 Å². The van der Waals surface area contributed by atoms with Crippen molar-refractivity contribution in [1.82, 2.24) is 15.8 Å². The van der Waals surface area contributed by atoms with Crippen LogP contribution >= 0.6 is 11.3 Å². The van der Waals surface area contributed by atoms with E-state index in [-0.39, 0.29) is 36.7 Å². The minimum Gasteiger partial charge on any atom is -0.368 e. The number of hydrogen-bond donors (Lipinski definition) is 2. The Balaban J connectivity index is 1.38. The number of amides is 1. The summed E-state index contributed by atoms with van der Waals surface area (Å²) < 4.78 is 6.15. The van der Waals surface area contributed by atoms with E-state index < -0.39 is 0 Å². The summed E-state index contributed by atoms with van der Waals surface area (Å²) >= 11 is 1.71. The molecule has 6 heteroatoms. The smallest absolute Gasteiger partial charge is 0.249 e. The molecule has 5 atom stereocenters. The third-order valence-corrected chi connectivity index (χ3v) is 7.69. The van der Waals surface area contributed by atoms with E-state index in [9.17, 15) is 4.79 Å². The maximum absolute atomic E-state index is 13.2. The van der Waals surface area contributed by atoms with E-state index in [2.05, 4.69) is 42.2 Å². The van der Waals surface area contributed by atoms with Crippen molar-refractivity contribution in [3.05, 3.63) is 22.4 Å². The van der Waals surface area contributed by atoms with Crippen LogP contribution in [0.15, 0.2) is 17.5 Å². The summed E-state index contributed by atoms with van der Waals surface area (Å²) in [5, 5.41) is 2.08. The molecule has 2 heterocycles. The Kier molecular flexibility index (Phi) is 6.17. The van der Waals surface area contributed by atoms with Crippen molar-refractivity contribution in [2.24, 2.45) is 11.8 Å². The summed E-state index contributed by atoms with van der Waals surface area (Å²) in [6, 6.07) is 4.74. The molecule has 150 valence electrons. The fraction of sp³-hybridized carbons (Fsp3) is 0.762. The van der Waals surface area contributed by atoms with Gasteiger partial charge in [0.1, 0.15) is 6.61 Å². The molecule has 5 unspecified atom stereocenters. The van der Waals surface area contributed by atoms with Crippen molar-refractivity contribution in [3.63, 3.8) is 0 Å². The van der Waals surface area contributed by atoms with Crippen molar-refractivity contribution in [2.45, 2.75) is 83.1 Å². The number of rotatable bonds is 6. The molecule has 27 heavy (non-hydrogen) atoms. The Morgan fingerprint density at radius 2 is 1.96 bits per heavy atom. The number of carbonyl (C=O) groups excluding carboxylic acids is 1. The molecule has 2 N–H and O–H groups in total. The molecule has 4 rings (SSSR count). The van der Waals surface area contributed by atoms with E-state index in [1.807, 2.05) is 4.90 Å². The SMILES string of the molecule is CC1NNC(C)C1N(Cc1cccs1)C(=O)COC1CCC2CCCC2C1. The predicted octanol–water partition coefficient (Wildman–Crippen LogP) is 3.32. The standard InChI is InChI=1S/C21H33N3O2S/c1-14-21(15(2)23-22-14)24(12-19-7-4-10-27-19)20(25)13-26-18-9-8-16-5-3-6-17(16)11-18/h4,7,10,14-18,21-23H,3,5-6,8-9,11-13H2,1-2H3. The summed E-state index contributed by atoms with van der Waals surface area (Å²) in [5.41, 5.74) is 6.57. The van der Waals surface area contributed by atoms with Gasteiger partial charge in [-0.25, -0.2) is 0 Å². The monoisotopic (exact) mass is 391 g/mol. The van der Waals surface area contributed by atoms with Crippen LogP contribution in [0, 0.1) is 11.8 Å². The molecule has 0 aromatic carbocycles. The highest BCUT2D eigenvalue weighted by Crippen LogP contribution is 2.42. The predicted molar refractivity (Wildman–Crippen MR) is 108 cm³/mol. The number of hydrogen-bond acceptors (Lipinski definition) is 5. The number of fused-ring (bicyclic) bond motifs is 1. The van der Waals surface area contributed by atoms with Gasteiger partial charge in [-0.1, -0.05) is 25.3 Å². The highest BCUT2D eigenvalue weighted by molar-refractivity contribution is 7.09. The first-order valence-electron chi connectivity index (χ1n) is 10.6. The van der Waals surface area contributed by atoms with E-state index in [1.54, 1.807) is 11.3 Å². The quantitative estimate of drug-likeness (QED) is 0.781. The van der Waals surface area contributed by atoms with Crippen LogP contribution in [0.3, 0.4) is 0 Å². The summed E-state index contributed by atoms with van der Waals surface area (Å²) in [7, 11) is 0. The van der Waals surface area contributed by atoms with Gasteiger partial charge in [-0.15, -0.1) is 11.3 Å². The second-order valence-electron chi connectivity index (χ2n) is 8.65. The lowest BCUT2D eigenvalue weighted by molar-refractivity contribution is -0.143. The Morgan fingerprint density at radius 1 is 1.19 bits per heavy atom. The first-order valence-corrected chi connectivity index (χ1v) is 11.4. The fourth-order valence-corrected chi connectivity index (χ4v) is 6.12. The minimum absolute atomic E-state index is 0.117. The van der Waals surface area contributed by atoms with Gasteiger partial charge >= 0.3 is 0 Å². The van der Waals surface area contributed by atoms with Gasteiger partial charge in [0.05, 0.1) is 18.7 Å². The molecule has 1 amide bonds. The van der Waals surface area contributed by atoms with Gasteiger partial charge in [-0.3, -0.25) is 15.6 Å². The fourth-order valence-electron chi connectivity index (χ4n) is 5.42. The Morgan fingerprint density at radius 3 is 2.70 bits per heavy atom. The van der Waals surface area contributed by atoms with Crippen LogP contribution in [0.5, 0.6) is 0 Å². The molecule has 1 aromatic rings. The van der Waals surface area contributed by atoms with Gasteiger partial charge < -0.3 is 9.64 Å². The highest BCUT2D eigenvalue weighted by atomic mass is 32.1. The lowest BCUT2D eigenvalue weighted by Crippen LogP contribution is -2.50. The normalized spacial score (nSPS) is 35.9. The van der Waals surface area contributed by atoms with Crippen LogP contribution in [-0.4, -0.2) is 41.6 Å². The average molecular weight is 392 g/mol. The first kappa shape index (κ1) is 19.4. The summed E-state index contributed by atoms with van der Waals surface area (Å²) in [6.07, 6.45) is 7.98. The Bertz CT molecular complexity index is 613. The van der Waals surface area contributed by atoms with E-state index in [0.717, 1.165) is 24.7 Å². The van der Waals surface area contributed by atoms with Crippen molar-refractivity contribution < 1.29 is 9.53 Å². The van der Waals surface area contributed by atoms with Crippen LogP contribution in [0.1, 0.15) is 57.2 Å². The molecular weight excluding hydrogens is 358 g/mol. The summed E-state index contributed by atoms with van der Waals surface area (Å²) in [5.74, 6) is 1.88. The largest absolute Gasteiger partial charge is 0.368 e. The minimum atomic E-state index is 0.117. The first-order chi connectivity index (χ1) is 13.1. The van der Waals surface area contributed by atoms with Crippen LogP contribution in [0.4, 0.5) is 0 Å². The molecule has 1 saturated heterocycles. The zero-order valence-electron chi connectivity index (χ0n) is 16.5. The van der Waals surface area contributed by atoms with Crippen molar-refractivity contribution in [2.75, 3.05) is 6.61 Å². The lowest BCUT2D eigenvalue weighted by atomic mass is 9.80. The third-order valence-electron chi connectivity index (χ3n) is 6.83. The Labute approximate surface area is 166 Å². The molecular formula is C21H33N3O2S. The molecule has 1 aromatic heterocycles. The van der Waals surface area contributed by atoms with Crippen molar-refractivity contribution >= 4 is 17.2 Å². The number of ether oxygens (including phenoxy) is 1. The van der Waals surface area contributed by atoms with E-state index in [1.165, 1.54) is 30.6 Å². The van der Waals surface area contributed by atoms with Gasteiger partial charge in [-0.05, 0) is 56.4 Å². The van der Waals surface area contributed by atoms with E-state index in [0.29, 0.717) is 6.54 Å². The molecule has 2 aliphatic carbocycles. The molecule has 0 bridgehead atoms. The van der Waals surface area contributed by atoms with Gasteiger partial charge in [0.25, 0.3) is 0 Å². The number of nitrogens with zero attached hydrogens (tertiary/aromatic N) is 1. The van der Waals surface area contributed by atoms with Crippen LogP contribution < -0.4 is 10.9 Å². The zero-order valence-corrected chi connectivity index (χ0v) is 17.3. The van der Waals surface area contributed by atoms with E-state index in [4.69, 9.17) is 4.74 Å². The lowest BCUT2D eigenvalue weighted by Gasteiger charge is -2.35. The highest BCUT2D eigenvalue weighted by Gasteiger charge is 2.38. The number of nitrogens with one attached hydrogen (secondary N) is 2. The average Bonchev–Trinajstić information content (AvgIpc) is 3.40. The number of hydrazine groups is 1. The second kappa shape index (κ2) is 8.60. The van der Waals surface area contributed by atoms with Crippen LogP contribution in [0.25, 0.3) is 0 Å². The third kappa shape index (κ3) is 4.39. The maximum Gasteiger partial charge on any atom is 0.249 e. The van der Waals surface area contributed by atoms with Crippen molar-refractivity contribution in [1.29, 1.82) is 0 Å². The molecule has 0 radical (unpaired) electrons. The molecule has 5 nitrogen and oxygen atoms in total. The topological polar surface area (TPSA) is 53.6 Å². The van der Waals surface area contributed by atoms with Crippen molar-refractivity contribution in [3.8, 4) is 0 Å². The van der Waals surface area contributed by atoms with Crippen LogP contribution in [0.2, 0.25) is 0 Å². The number of carbonyl (C=O) groups is 1. The molecule has 0 spiro atoms. The van der Waals surface area contributed by atoms with Gasteiger partial charge in [0.15, 0.2) is 0 Å². The Hall–Kier alpha value is -0.950. The molecule has 1 aliphatic heterocycles. The summed E-state index contributed by atoms with van der Waals surface area (Å²) in [6.45, 7) is 5.15. The molecule has 2 saturated carbocycles. The summed E-state index contributed by atoms with van der Waals surface area (Å²) in [4.78, 5) is 16.4. The van der Waals surface area contributed by atoms with Gasteiger partial charge in [0, 0.05) is 17.0 Å². The van der Waals surface area contributed by atoms with Gasteiger partial charge in [-0.2, -0.15) is 0 Å². The molecule has 3 fully saturated rings. The molecule has 3 aliphatic rings. The maximum atomic E-state index is 13.2. The zero-order chi connectivity index (χ0) is 18.8. The second-order valence-corrected chi connectivity index (χ2v) is 9.69. The van der Waals surface area contributed by atoms with Crippen LogP contribution in [-0.2, 0) is 16.1 Å². The number of thiophene rings is 1. The van der Waals surface area contributed by atoms with Gasteiger partial charge in [0.2, 0.25) is 5.91 Å².